The van der Waals surface area contributed by atoms with Crippen molar-refractivity contribution < 1.29 is 22.7 Å². The van der Waals surface area contributed by atoms with Crippen LogP contribution in [0.2, 0.25) is 0 Å². The highest BCUT2D eigenvalue weighted by Gasteiger charge is 2.30. The molecule has 0 spiro atoms. The van der Waals surface area contributed by atoms with E-state index >= 15 is 0 Å². The highest BCUT2D eigenvalue weighted by atomic mass is 19.4. The number of pyridine rings is 1. The zero-order valence-electron chi connectivity index (χ0n) is 15.8. The van der Waals surface area contributed by atoms with E-state index in [-0.39, 0.29) is 17.5 Å². The van der Waals surface area contributed by atoms with E-state index in [0.29, 0.717) is 28.8 Å². The number of fused-ring (bicyclic) bond motifs is 1. The number of methoxy groups -OCH3 is 1. The van der Waals surface area contributed by atoms with Crippen molar-refractivity contribution in [3.63, 3.8) is 0 Å². The lowest BCUT2D eigenvalue weighted by Gasteiger charge is -2.14. The zero-order valence-corrected chi connectivity index (χ0v) is 15.8. The summed E-state index contributed by atoms with van der Waals surface area (Å²) in [6, 6.07) is 11.9. The van der Waals surface area contributed by atoms with Crippen molar-refractivity contribution in [2.75, 3.05) is 13.7 Å². The van der Waals surface area contributed by atoms with Gasteiger partial charge in [0.1, 0.15) is 0 Å². The maximum atomic E-state index is 12.8. The van der Waals surface area contributed by atoms with Gasteiger partial charge in [0, 0.05) is 30.5 Å². The molecule has 3 rings (SSSR count). The number of nitrogens with one attached hydrogen (secondary N) is 1. The zero-order chi connectivity index (χ0) is 21.2. The molecule has 3 aromatic rings. The fraction of sp³-hybridized carbons (Fsp3) is 0.238. The Bertz CT molecular complexity index is 1090. The van der Waals surface area contributed by atoms with Crippen LogP contribution in [-0.2, 0) is 10.9 Å². The number of hydrogen-bond acceptors (Lipinski definition) is 3. The fourth-order valence-electron chi connectivity index (χ4n) is 3.05. The smallest absolute Gasteiger partial charge is 0.383 e. The molecule has 0 fully saturated rings. The van der Waals surface area contributed by atoms with Crippen molar-refractivity contribution in [1.29, 1.82) is 0 Å². The van der Waals surface area contributed by atoms with Crippen molar-refractivity contribution in [3.05, 3.63) is 76.1 Å². The summed E-state index contributed by atoms with van der Waals surface area (Å²) >= 11 is 0. The van der Waals surface area contributed by atoms with Gasteiger partial charge in [0.25, 0.3) is 11.5 Å². The number of alkyl halides is 3. The Labute approximate surface area is 164 Å². The molecular formula is C21H19F3N2O3. The maximum absolute atomic E-state index is 12.8. The first-order chi connectivity index (χ1) is 13.7. The van der Waals surface area contributed by atoms with Crippen molar-refractivity contribution in [3.8, 4) is 5.69 Å². The van der Waals surface area contributed by atoms with Crippen LogP contribution in [0, 0.1) is 0 Å². The molecule has 1 aromatic heterocycles. The number of aromatic nitrogens is 1. The molecule has 152 valence electrons. The Morgan fingerprint density at radius 2 is 1.79 bits per heavy atom. The Hall–Kier alpha value is -3.13. The molecule has 0 unspecified atom stereocenters. The number of carbonyl (C=O) groups is 1. The summed E-state index contributed by atoms with van der Waals surface area (Å²) in [6.07, 6.45) is -4.45. The molecule has 0 radical (unpaired) electrons. The predicted octanol–water partition coefficient (Wildman–Crippen LogP) is 3.77. The fourth-order valence-corrected chi connectivity index (χ4v) is 3.05. The van der Waals surface area contributed by atoms with Gasteiger partial charge in [-0.3, -0.25) is 14.2 Å². The van der Waals surface area contributed by atoms with Gasteiger partial charge in [0.15, 0.2) is 0 Å². The molecule has 0 aliphatic carbocycles. The highest BCUT2D eigenvalue weighted by molar-refractivity contribution is 5.98. The van der Waals surface area contributed by atoms with Crippen LogP contribution < -0.4 is 10.9 Å². The molecule has 1 heterocycles. The van der Waals surface area contributed by atoms with Gasteiger partial charge in [-0.2, -0.15) is 13.2 Å². The average molecular weight is 404 g/mol. The number of amides is 1. The molecule has 1 N–H and O–H groups in total. The summed E-state index contributed by atoms with van der Waals surface area (Å²) < 4.78 is 44.7. The third kappa shape index (κ3) is 4.48. The molecule has 0 aliphatic rings. The van der Waals surface area contributed by atoms with Gasteiger partial charge in [-0.1, -0.05) is 0 Å². The second-order valence-corrected chi connectivity index (χ2v) is 6.66. The van der Waals surface area contributed by atoms with Gasteiger partial charge in [-0.05, 0) is 60.8 Å². The predicted molar refractivity (Wildman–Crippen MR) is 103 cm³/mol. The average Bonchev–Trinajstić information content (AvgIpc) is 2.67. The normalized spacial score (nSPS) is 12.7. The number of benzene rings is 2. The number of halogens is 3. The quantitative estimate of drug-likeness (QED) is 0.704. The third-order valence-electron chi connectivity index (χ3n) is 4.40. The summed E-state index contributed by atoms with van der Waals surface area (Å²) in [5, 5.41) is 3.41. The molecule has 1 amide bonds. The molecule has 5 nitrogen and oxygen atoms in total. The number of nitrogens with zero attached hydrogens (tertiary/aromatic N) is 1. The highest BCUT2D eigenvalue weighted by Crippen LogP contribution is 2.30. The monoisotopic (exact) mass is 404 g/mol. The molecule has 8 heteroatoms. The first-order valence-electron chi connectivity index (χ1n) is 8.84. The number of rotatable bonds is 5. The van der Waals surface area contributed by atoms with Crippen LogP contribution in [0.5, 0.6) is 0 Å². The molecule has 0 bridgehead atoms. The van der Waals surface area contributed by atoms with Gasteiger partial charge >= 0.3 is 6.18 Å². The van der Waals surface area contributed by atoms with E-state index in [1.165, 1.54) is 22.8 Å². The van der Waals surface area contributed by atoms with Crippen LogP contribution in [0.15, 0.2) is 59.4 Å². The Morgan fingerprint density at radius 1 is 1.10 bits per heavy atom. The van der Waals surface area contributed by atoms with Gasteiger partial charge in [-0.25, -0.2) is 0 Å². The van der Waals surface area contributed by atoms with Gasteiger partial charge < -0.3 is 10.1 Å². The topological polar surface area (TPSA) is 60.3 Å². The van der Waals surface area contributed by atoms with E-state index in [2.05, 4.69) is 5.32 Å². The third-order valence-corrected chi connectivity index (χ3v) is 4.40. The first kappa shape index (κ1) is 20.6. The SMILES string of the molecule is COC[C@@H](C)NC(=O)c1ccc2c(ccc(=O)n2-c2ccc(C(F)(F)F)cc2)c1. The largest absolute Gasteiger partial charge is 0.416 e. The van der Waals surface area contributed by atoms with Gasteiger partial charge in [-0.15, -0.1) is 0 Å². The minimum Gasteiger partial charge on any atom is -0.383 e. The van der Waals surface area contributed by atoms with Crippen LogP contribution in [0.1, 0.15) is 22.8 Å². The molecule has 0 saturated heterocycles. The Morgan fingerprint density at radius 3 is 2.41 bits per heavy atom. The Balaban J connectivity index is 2.00. The van der Waals surface area contributed by atoms with Crippen LogP contribution in [-0.4, -0.2) is 30.2 Å². The second kappa shape index (κ2) is 8.08. The van der Waals surface area contributed by atoms with Crippen molar-refractivity contribution in [1.82, 2.24) is 9.88 Å². The molecule has 2 aromatic carbocycles. The minimum absolute atomic E-state index is 0.177. The van der Waals surface area contributed by atoms with Crippen LogP contribution in [0.4, 0.5) is 13.2 Å². The van der Waals surface area contributed by atoms with Crippen molar-refractivity contribution in [2.24, 2.45) is 0 Å². The molecular weight excluding hydrogens is 385 g/mol. The summed E-state index contributed by atoms with van der Waals surface area (Å²) in [5.74, 6) is -0.288. The van der Waals surface area contributed by atoms with E-state index in [4.69, 9.17) is 4.74 Å². The van der Waals surface area contributed by atoms with E-state index < -0.39 is 11.7 Å². The van der Waals surface area contributed by atoms with E-state index in [1.807, 2.05) is 6.92 Å². The maximum Gasteiger partial charge on any atom is 0.416 e. The summed E-state index contributed by atoms with van der Waals surface area (Å²) in [4.78, 5) is 24.8. The molecule has 0 saturated carbocycles. The summed E-state index contributed by atoms with van der Waals surface area (Å²) in [5.41, 5.74) is 0.0122. The standard InChI is InChI=1S/C21H19F3N2O3/c1-13(12-29-2)25-20(28)15-3-9-18-14(11-15)4-10-19(27)26(18)17-7-5-16(6-8-17)21(22,23)24/h3-11,13H,12H2,1-2H3,(H,25,28)/t13-/m1/s1. The number of ether oxygens (including phenoxy) is 1. The number of hydrogen-bond donors (Lipinski definition) is 1. The van der Waals surface area contributed by atoms with E-state index in [0.717, 1.165) is 12.1 Å². The molecule has 1 atom stereocenters. The minimum atomic E-state index is -4.45. The van der Waals surface area contributed by atoms with Gasteiger partial charge in [0.05, 0.1) is 17.7 Å². The first-order valence-corrected chi connectivity index (χ1v) is 8.84. The summed E-state index contributed by atoms with van der Waals surface area (Å²) in [6.45, 7) is 2.18. The Kier molecular flexibility index (Phi) is 5.74. The lowest BCUT2D eigenvalue weighted by molar-refractivity contribution is -0.137. The van der Waals surface area contributed by atoms with Crippen LogP contribution in [0.25, 0.3) is 16.6 Å². The molecule has 0 aliphatic heterocycles. The van der Waals surface area contributed by atoms with Crippen LogP contribution >= 0.6 is 0 Å². The van der Waals surface area contributed by atoms with E-state index in [1.54, 1.807) is 31.4 Å². The van der Waals surface area contributed by atoms with Crippen molar-refractivity contribution >= 4 is 16.8 Å². The summed E-state index contributed by atoms with van der Waals surface area (Å²) in [7, 11) is 1.54. The van der Waals surface area contributed by atoms with Gasteiger partial charge in [0.2, 0.25) is 0 Å². The van der Waals surface area contributed by atoms with E-state index in [9.17, 15) is 22.8 Å². The number of carbonyl (C=O) groups excluding carboxylic acids is 1. The lowest BCUT2D eigenvalue weighted by Crippen LogP contribution is -2.35. The van der Waals surface area contributed by atoms with Crippen molar-refractivity contribution in [2.45, 2.75) is 19.1 Å². The molecule has 29 heavy (non-hydrogen) atoms. The van der Waals surface area contributed by atoms with Crippen LogP contribution in [0.3, 0.4) is 0 Å². The lowest BCUT2D eigenvalue weighted by atomic mass is 10.1. The second-order valence-electron chi connectivity index (χ2n) is 6.66.